The van der Waals surface area contributed by atoms with Crippen LogP contribution in [0.25, 0.3) is 0 Å². The van der Waals surface area contributed by atoms with E-state index in [0.717, 1.165) is 0 Å². The molecule has 0 radical (unpaired) electrons. The number of rotatable bonds is 3. The third-order valence-electron chi connectivity index (χ3n) is 3.07. The maximum atomic E-state index is 13.8. The number of aliphatic hydroxyl groups is 2. The summed E-state index contributed by atoms with van der Waals surface area (Å²) in [6.07, 6.45) is -1.52. The zero-order valence-electron chi connectivity index (χ0n) is 9.71. The van der Waals surface area contributed by atoms with Gasteiger partial charge in [-0.1, -0.05) is 24.4 Å². The van der Waals surface area contributed by atoms with Gasteiger partial charge in [-0.15, -0.1) is 0 Å². The summed E-state index contributed by atoms with van der Waals surface area (Å²) in [5.41, 5.74) is 6.41. The molecule has 2 unspecified atom stereocenters. The molecule has 6 heteroatoms. The lowest BCUT2D eigenvalue weighted by Gasteiger charge is -2.15. The molecular formula is C12H15FN2O2S. The number of hydrogen-bond donors (Lipinski definition) is 3. The Morgan fingerprint density at radius 3 is 2.50 bits per heavy atom. The fourth-order valence-corrected chi connectivity index (χ4v) is 2.17. The smallest absolute Gasteiger partial charge is 0.128 e. The molecule has 4 N–H and O–H groups in total. The second-order valence-corrected chi connectivity index (χ2v) is 4.94. The number of likely N-dealkylation sites (tertiary alicyclic amines) is 1. The summed E-state index contributed by atoms with van der Waals surface area (Å²) in [7, 11) is 0. The minimum absolute atomic E-state index is 0.160. The molecule has 1 fully saturated rings. The van der Waals surface area contributed by atoms with Gasteiger partial charge in [-0.25, -0.2) is 4.39 Å². The van der Waals surface area contributed by atoms with Gasteiger partial charge >= 0.3 is 0 Å². The number of nitrogens with two attached hydrogens (primary N) is 1. The molecule has 0 aromatic heterocycles. The molecule has 0 bridgehead atoms. The van der Waals surface area contributed by atoms with Gasteiger partial charge < -0.3 is 15.9 Å². The maximum absolute atomic E-state index is 13.8. The van der Waals surface area contributed by atoms with Crippen LogP contribution in [0.5, 0.6) is 0 Å². The van der Waals surface area contributed by atoms with Crippen molar-refractivity contribution in [2.75, 3.05) is 13.1 Å². The highest BCUT2D eigenvalue weighted by Crippen LogP contribution is 2.17. The fraction of sp³-hybridized carbons (Fsp3) is 0.417. The SMILES string of the molecule is NC(=S)c1ccc(CN2CC(O)C(O)C2)c(F)c1. The number of β-amino-alcohol motifs (C(OH)–C–C–N with tert-alkyl or cyclic N) is 2. The monoisotopic (exact) mass is 270 g/mol. The summed E-state index contributed by atoms with van der Waals surface area (Å²) >= 11 is 4.77. The first kappa shape index (κ1) is 13.4. The highest BCUT2D eigenvalue weighted by Gasteiger charge is 2.29. The van der Waals surface area contributed by atoms with Crippen LogP contribution < -0.4 is 5.73 Å². The first-order valence-corrected chi connectivity index (χ1v) is 6.05. The van der Waals surface area contributed by atoms with Crippen LogP contribution in [0.1, 0.15) is 11.1 Å². The Hall–Kier alpha value is -1.08. The van der Waals surface area contributed by atoms with Crippen molar-refractivity contribution < 1.29 is 14.6 Å². The normalized spacial score (nSPS) is 24.4. The van der Waals surface area contributed by atoms with Gasteiger partial charge in [0.15, 0.2) is 0 Å². The van der Waals surface area contributed by atoms with Gasteiger partial charge in [-0.05, 0) is 6.07 Å². The highest BCUT2D eigenvalue weighted by atomic mass is 32.1. The van der Waals surface area contributed by atoms with Crippen LogP contribution in [-0.2, 0) is 6.54 Å². The van der Waals surface area contributed by atoms with E-state index in [1.807, 2.05) is 0 Å². The second kappa shape index (κ2) is 5.27. The lowest BCUT2D eigenvalue weighted by molar-refractivity contribution is 0.0572. The molecule has 1 heterocycles. The van der Waals surface area contributed by atoms with E-state index in [-0.39, 0.29) is 10.8 Å². The summed E-state index contributed by atoms with van der Waals surface area (Å²) in [5, 5.41) is 18.8. The van der Waals surface area contributed by atoms with Crippen molar-refractivity contribution >= 4 is 17.2 Å². The van der Waals surface area contributed by atoms with Crippen molar-refractivity contribution in [3.05, 3.63) is 35.1 Å². The largest absolute Gasteiger partial charge is 0.389 e. The number of benzene rings is 1. The first-order valence-electron chi connectivity index (χ1n) is 5.64. The minimum Gasteiger partial charge on any atom is -0.389 e. The van der Waals surface area contributed by atoms with Gasteiger partial charge in [0.05, 0.1) is 12.2 Å². The van der Waals surface area contributed by atoms with E-state index in [9.17, 15) is 14.6 Å². The van der Waals surface area contributed by atoms with Gasteiger partial charge in [0.2, 0.25) is 0 Å². The van der Waals surface area contributed by atoms with Crippen LogP contribution >= 0.6 is 12.2 Å². The molecule has 0 saturated carbocycles. The van der Waals surface area contributed by atoms with Gasteiger partial charge in [-0.3, -0.25) is 4.90 Å². The van der Waals surface area contributed by atoms with Crippen molar-refractivity contribution in [3.8, 4) is 0 Å². The fourth-order valence-electron chi connectivity index (χ4n) is 2.05. The molecular weight excluding hydrogens is 255 g/mol. The predicted molar refractivity (Wildman–Crippen MR) is 69.6 cm³/mol. The van der Waals surface area contributed by atoms with Crippen molar-refractivity contribution in [2.24, 2.45) is 5.73 Å². The number of nitrogens with zero attached hydrogens (tertiary/aromatic N) is 1. The molecule has 4 nitrogen and oxygen atoms in total. The Morgan fingerprint density at radius 2 is 2.00 bits per heavy atom. The van der Waals surface area contributed by atoms with Crippen molar-refractivity contribution in [1.82, 2.24) is 4.90 Å². The van der Waals surface area contributed by atoms with E-state index in [2.05, 4.69) is 0 Å². The molecule has 18 heavy (non-hydrogen) atoms. The Kier molecular flexibility index (Phi) is 3.91. The second-order valence-electron chi connectivity index (χ2n) is 4.50. The molecule has 1 aliphatic rings. The van der Waals surface area contributed by atoms with E-state index >= 15 is 0 Å². The van der Waals surface area contributed by atoms with Crippen LogP contribution in [0.15, 0.2) is 18.2 Å². The quantitative estimate of drug-likeness (QED) is 0.674. The number of halogens is 1. The van der Waals surface area contributed by atoms with Gasteiger partial charge in [-0.2, -0.15) is 0 Å². The molecule has 1 aliphatic heterocycles. The van der Waals surface area contributed by atoms with E-state index in [1.165, 1.54) is 6.07 Å². The third-order valence-corrected chi connectivity index (χ3v) is 3.30. The summed E-state index contributed by atoms with van der Waals surface area (Å²) < 4.78 is 13.8. The highest BCUT2D eigenvalue weighted by molar-refractivity contribution is 7.80. The average Bonchev–Trinajstić information content (AvgIpc) is 2.61. The van der Waals surface area contributed by atoms with Gasteiger partial charge in [0.1, 0.15) is 10.8 Å². The van der Waals surface area contributed by atoms with E-state index in [0.29, 0.717) is 30.8 Å². The third kappa shape index (κ3) is 2.84. The van der Waals surface area contributed by atoms with Crippen LogP contribution in [0, 0.1) is 5.82 Å². The van der Waals surface area contributed by atoms with E-state index in [4.69, 9.17) is 18.0 Å². The molecule has 1 aromatic rings. The lowest BCUT2D eigenvalue weighted by Crippen LogP contribution is -2.22. The number of hydrogen-bond acceptors (Lipinski definition) is 4. The Bertz CT molecular complexity index is 459. The number of aliphatic hydroxyl groups excluding tert-OH is 2. The standard InChI is InChI=1S/C12H15FN2O2S/c13-9-3-7(12(14)18)1-2-8(9)4-15-5-10(16)11(17)6-15/h1-3,10-11,16-17H,4-6H2,(H2,14,18). The average molecular weight is 270 g/mol. The minimum atomic E-state index is -0.760. The van der Waals surface area contributed by atoms with Crippen LogP contribution in [0.4, 0.5) is 4.39 Å². The van der Waals surface area contributed by atoms with E-state index in [1.54, 1.807) is 17.0 Å². The van der Waals surface area contributed by atoms with Gasteiger partial charge in [0, 0.05) is 30.8 Å². The zero-order chi connectivity index (χ0) is 13.3. The lowest BCUT2D eigenvalue weighted by atomic mass is 10.1. The summed E-state index contributed by atoms with van der Waals surface area (Å²) in [4.78, 5) is 1.96. The van der Waals surface area contributed by atoms with Crippen LogP contribution in [-0.4, -0.2) is 45.4 Å². The number of thiocarbonyl (C=S) groups is 1. The predicted octanol–water partition coefficient (Wildman–Crippen LogP) is -0.00270. The van der Waals surface area contributed by atoms with Gasteiger partial charge in [0.25, 0.3) is 0 Å². The summed E-state index contributed by atoms with van der Waals surface area (Å²) in [5.74, 6) is -0.379. The van der Waals surface area contributed by atoms with Crippen molar-refractivity contribution in [1.29, 1.82) is 0 Å². The van der Waals surface area contributed by atoms with Crippen molar-refractivity contribution in [2.45, 2.75) is 18.8 Å². The Labute approximate surface area is 110 Å². The zero-order valence-corrected chi connectivity index (χ0v) is 10.5. The molecule has 2 rings (SSSR count). The first-order chi connectivity index (χ1) is 8.47. The topological polar surface area (TPSA) is 69.7 Å². The molecule has 2 atom stereocenters. The molecule has 0 spiro atoms. The van der Waals surface area contributed by atoms with Crippen molar-refractivity contribution in [3.63, 3.8) is 0 Å². The Balaban J connectivity index is 2.08. The van der Waals surface area contributed by atoms with Crippen LogP contribution in [0.2, 0.25) is 0 Å². The molecule has 0 aliphatic carbocycles. The summed E-state index contributed by atoms with van der Waals surface area (Å²) in [6.45, 7) is 1.03. The summed E-state index contributed by atoms with van der Waals surface area (Å²) in [6, 6.07) is 4.60. The molecule has 98 valence electrons. The molecule has 0 amide bonds. The Morgan fingerprint density at radius 1 is 1.39 bits per heavy atom. The molecule has 1 saturated heterocycles. The van der Waals surface area contributed by atoms with E-state index < -0.39 is 12.2 Å². The maximum Gasteiger partial charge on any atom is 0.128 e. The molecule has 1 aromatic carbocycles. The van der Waals surface area contributed by atoms with Crippen LogP contribution in [0.3, 0.4) is 0 Å².